The fourth-order valence-electron chi connectivity index (χ4n) is 2.40. The minimum Gasteiger partial charge on any atom is -0.493 e. The Kier molecular flexibility index (Phi) is 6.37. The van der Waals surface area contributed by atoms with E-state index in [0.29, 0.717) is 11.5 Å². The summed E-state index contributed by atoms with van der Waals surface area (Å²) < 4.78 is 15.9. The van der Waals surface area contributed by atoms with Gasteiger partial charge < -0.3 is 19.1 Å². The molecule has 0 radical (unpaired) electrons. The lowest BCUT2D eigenvalue weighted by atomic mass is 10.1. The van der Waals surface area contributed by atoms with Gasteiger partial charge in [0.1, 0.15) is 0 Å². The lowest BCUT2D eigenvalue weighted by molar-refractivity contribution is -0.385. The van der Waals surface area contributed by atoms with Crippen molar-refractivity contribution in [3.05, 3.63) is 58.1 Å². The molecule has 0 saturated carbocycles. The summed E-state index contributed by atoms with van der Waals surface area (Å²) in [6.07, 6.45) is 0. The van der Waals surface area contributed by atoms with Crippen molar-refractivity contribution in [1.29, 1.82) is 0 Å². The number of hydrogen-bond donors (Lipinski definition) is 0. The second kappa shape index (κ2) is 8.70. The molecule has 2 rings (SSSR count). The highest BCUT2D eigenvalue weighted by Crippen LogP contribution is 2.31. The molecule has 0 unspecified atom stereocenters. The number of rotatable bonds is 8. The number of likely N-dealkylation sites (N-methyl/N-ethyl adjacent to an activating group) is 1. The quantitative estimate of drug-likeness (QED) is 0.531. The van der Waals surface area contributed by atoms with Gasteiger partial charge in [-0.2, -0.15) is 0 Å². The van der Waals surface area contributed by atoms with Gasteiger partial charge in [0.2, 0.25) is 0 Å². The van der Waals surface area contributed by atoms with E-state index in [2.05, 4.69) is 0 Å². The second-order valence-electron chi connectivity index (χ2n) is 5.42. The number of hydrogen-bond acceptors (Lipinski definition) is 6. The number of nitrogens with zero attached hydrogens (tertiary/aromatic N) is 2. The van der Waals surface area contributed by atoms with Crippen LogP contribution in [0.25, 0.3) is 0 Å². The van der Waals surface area contributed by atoms with E-state index < -0.39 is 4.92 Å². The van der Waals surface area contributed by atoms with Crippen molar-refractivity contribution in [3.8, 4) is 17.2 Å². The predicted molar refractivity (Wildman–Crippen MR) is 94.6 cm³/mol. The monoisotopic (exact) mass is 360 g/mol. The molecule has 0 fully saturated rings. The van der Waals surface area contributed by atoms with Crippen LogP contribution in [0.3, 0.4) is 0 Å². The molecule has 8 heteroatoms. The maximum absolute atomic E-state index is 12.3. The molecule has 0 bridgehead atoms. The van der Waals surface area contributed by atoms with E-state index in [1.165, 1.54) is 37.3 Å². The minimum absolute atomic E-state index is 0.0539. The van der Waals surface area contributed by atoms with Crippen molar-refractivity contribution in [2.45, 2.75) is 6.54 Å². The fraction of sp³-hybridized carbons (Fsp3) is 0.278. The highest BCUT2D eigenvalue weighted by atomic mass is 16.6. The molecule has 0 heterocycles. The zero-order valence-corrected chi connectivity index (χ0v) is 14.8. The number of carbonyl (C=O) groups is 1. The topological polar surface area (TPSA) is 91.1 Å². The third-order valence-electron chi connectivity index (χ3n) is 3.73. The van der Waals surface area contributed by atoms with E-state index in [1.54, 1.807) is 25.2 Å². The zero-order valence-electron chi connectivity index (χ0n) is 14.8. The number of ether oxygens (including phenoxy) is 3. The highest BCUT2D eigenvalue weighted by molar-refractivity contribution is 5.77. The number of carbonyl (C=O) groups excluding carboxylic acids is 1. The lowest BCUT2D eigenvalue weighted by Crippen LogP contribution is -2.31. The highest BCUT2D eigenvalue weighted by Gasteiger charge is 2.18. The summed E-state index contributed by atoms with van der Waals surface area (Å²) in [5.74, 6) is 0.850. The number of nitro benzene ring substituents is 1. The van der Waals surface area contributed by atoms with Gasteiger partial charge in [-0.15, -0.1) is 0 Å². The van der Waals surface area contributed by atoms with Crippen LogP contribution in [0.1, 0.15) is 5.56 Å². The molecule has 1 amide bonds. The molecule has 138 valence electrons. The molecule has 0 saturated heterocycles. The molecule has 8 nitrogen and oxygen atoms in total. The van der Waals surface area contributed by atoms with E-state index >= 15 is 0 Å². The zero-order chi connectivity index (χ0) is 19.1. The van der Waals surface area contributed by atoms with Crippen LogP contribution in [0, 0.1) is 10.1 Å². The van der Waals surface area contributed by atoms with Gasteiger partial charge in [0.05, 0.1) is 19.1 Å². The summed E-state index contributed by atoms with van der Waals surface area (Å²) >= 11 is 0. The Hall–Kier alpha value is -3.29. The van der Waals surface area contributed by atoms with Crippen molar-refractivity contribution >= 4 is 11.6 Å². The molecule has 26 heavy (non-hydrogen) atoms. The first kappa shape index (κ1) is 19.0. The first-order valence-corrected chi connectivity index (χ1v) is 7.78. The number of para-hydroxylation sites is 3. The van der Waals surface area contributed by atoms with Crippen LogP contribution in [0.15, 0.2) is 42.5 Å². The largest absolute Gasteiger partial charge is 0.493 e. The summed E-state index contributed by atoms with van der Waals surface area (Å²) in [7, 11) is 4.68. The maximum Gasteiger partial charge on any atom is 0.310 e. The van der Waals surface area contributed by atoms with E-state index in [0.717, 1.165) is 5.56 Å². The van der Waals surface area contributed by atoms with Crippen LogP contribution >= 0.6 is 0 Å². The number of nitro groups is 1. The molecule has 0 aliphatic heterocycles. The Labute approximate surface area is 151 Å². The number of methoxy groups -OCH3 is 2. The van der Waals surface area contributed by atoms with Crippen molar-refractivity contribution in [2.24, 2.45) is 0 Å². The Morgan fingerprint density at radius 3 is 2.42 bits per heavy atom. The molecular weight excluding hydrogens is 340 g/mol. The van der Waals surface area contributed by atoms with E-state index in [9.17, 15) is 14.9 Å². The number of amides is 1. The van der Waals surface area contributed by atoms with Crippen LogP contribution in [0.4, 0.5) is 5.69 Å². The predicted octanol–water partition coefficient (Wildman–Crippen LogP) is 2.65. The SMILES string of the molecule is COc1cccc(CN(C)C(=O)COc2ccccc2[N+](=O)[O-])c1OC. The second-order valence-corrected chi connectivity index (χ2v) is 5.42. The van der Waals surface area contributed by atoms with Gasteiger partial charge in [-0.1, -0.05) is 24.3 Å². The van der Waals surface area contributed by atoms with Gasteiger partial charge in [-0.05, 0) is 12.1 Å². The van der Waals surface area contributed by atoms with Crippen LogP contribution in [0.2, 0.25) is 0 Å². The van der Waals surface area contributed by atoms with Gasteiger partial charge in [-0.3, -0.25) is 14.9 Å². The van der Waals surface area contributed by atoms with Gasteiger partial charge in [0.25, 0.3) is 5.91 Å². The average Bonchev–Trinajstić information content (AvgIpc) is 2.65. The molecular formula is C18H20N2O6. The van der Waals surface area contributed by atoms with Crippen molar-refractivity contribution < 1.29 is 23.9 Å². The molecule has 0 N–H and O–H groups in total. The summed E-state index contributed by atoms with van der Waals surface area (Å²) in [6.45, 7) is -0.0346. The summed E-state index contributed by atoms with van der Waals surface area (Å²) in [5, 5.41) is 11.0. The van der Waals surface area contributed by atoms with E-state index in [4.69, 9.17) is 14.2 Å². The van der Waals surface area contributed by atoms with Crippen LogP contribution in [0.5, 0.6) is 17.2 Å². The van der Waals surface area contributed by atoms with Crippen molar-refractivity contribution in [1.82, 2.24) is 4.90 Å². The Balaban J connectivity index is 2.04. The molecule has 2 aromatic carbocycles. The van der Waals surface area contributed by atoms with Crippen molar-refractivity contribution in [2.75, 3.05) is 27.9 Å². The summed E-state index contributed by atoms with van der Waals surface area (Å²) in [6, 6.07) is 11.3. The van der Waals surface area contributed by atoms with E-state index in [1.807, 2.05) is 6.07 Å². The van der Waals surface area contributed by atoms with Crippen LogP contribution in [-0.4, -0.2) is 43.6 Å². The van der Waals surface area contributed by atoms with Gasteiger partial charge in [-0.25, -0.2) is 0 Å². The number of benzene rings is 2. The van der Waals surface area contributed by atoms with Gasteiger partial charge in [0.15, 0.2) is 23.9 Å². The third kappa shape index (κ3) is 4.41. The molecule has 0 aromatic heterocycles. The molecule has 2 aromatic rings. The summed E-state index contributed by atoms with van der Waals surface area (Å²) in [5.41, 5.74) is 0.589. The molecule has 0 atom stereocenters. The van der Waals surface area contributed by atoms with Gasteiger partial charge in [0, 0.05) is 25.2 Å². The smallest absolute Gasteiger partial charge is 0.310 e. The standard InChI is InChI=1S/C18H20N2O6/c1-19(11-13-7-6-10-16(24-2)18(13)25-3)17(21)12-26-15-9-5-4-8-14(15)20(22)23/h4-10H,11-12H2,1-3H3. The average molecular weight is 360 g/mol. The van der Waals surface area contributed by atoms with Crippen LogP contribution < -0.4 is 14.2 Å². The lowest BCUT2D eigenvalue weighted by Gasteiger charge is -2.20. The molecule has 0 spiro atoms. The fourth-order valence-corrected chi connectivity index (χ4v) is 2.40. The Morgan fingerprint density at radius 1 is 1.08 bits per heavy atom. The first-order chi connectivity index (χ1) is 12.5. The third-order valence-corrected chi connectivity index (χ3v) is 3.73. The molecule has 0 aliphatic rings. The Bertz CT molecular complexity index is 793. The molecule has 0 aliphatic carbocycles. The maximum atomic E-state index is 12.3. The Morgan fingerprint density at radius 2 is 1.77 bits per heavy atom. The van der Waals surface area contributed by atoms with E-state index in [-0.39, 0.29) is 30.5 Å². The minimum atomic E-state index is -0.551. The normalized spacial score (nSPS) is 10.1. The summed E-state index contributed by atoms with van der Waals surface area (Å²) in [4.78, 5) is 24.2. The first-order valence-electron chi connectivity index (χ1n) is 7.78. The van der Waals surface area contributed by atoms with Gasteiger partial charge >= 0.3 is 5.69 Å². The van der Waals surface area contributed by atoms with Crippen LogP contribution in [-0.2, 0) is 11.3 Å². The van der Waals surface area contributed by atoms with Crippen molar-refractivity contribution in [3.63, 3.8) is 0 Å².